The maximum absolute atomic E-state index is 13.9. The smallest absolute Gasteiger partial charge is 0.195 e. The summed E-state index contributed by atoms with van der Waals surface area (Å²) in [5.41, 5.74) is 2.44. The Kier molecular flexibility index (Phi) is 5.52. The molecule has 0 aliphatic carbocycles. The molecule has 1 aromatic heterocycles. The largest absolute Gasteiger partial charge is 0.355 e. The van der Waals surface area contributed by atoms with Crippen molar-refractivity contribution in [2.45, 2.75) is 46.7 Å². The average molecular weight is 348 g/mol. The number of aromatic amines is 1. The summed E-state index contributed by atoms with van der Waals surface area (Å²) in [6.45, 7) is 8.30. The number of Topliss-reactive ketones (excluding diaryl/α,β-unsaturated/α-hetero) is 2. The fraction of sp³-hybridized carbons (Fsp3) is 0.368. The number of aryl methyl sites for hydroxylation is 1. The van der Waals surface area contributed by atoms with Crippen LogP contribution in [-0.2, 0) is 0 Å². The number of rotatable bonds is 6. The van der Waals surface area contributed by atoms with E-state index in [1.165, 1.54) is 19.1 Å². The Labute approximate surface area is 145 Å². The van der Waals surface area contributed by atoms with Gasteiger partial charge in [0.2, 0.25) is 0 Å². The van der Waals surface area contributed by atoms with Crippen LogP contribution in [0.4, 0.5) is 8.78 Å². The second kappa shape index (κ2) is 7.27. The topological polar surface area (TPSA) is 62.0 Å². The summed E-state index contributed by atoms with van der Waals surface area (Å²) < 4.78 is 26.9. The van der Waals surface area contributed by atoms with Crippen LogP contribution in [0.25, 0.3) is 0 Å². The van der Waals surface area contributed by atoms with E-state index in [1.807, 2.05) is 0 Å². The standard InChI is InChI=1S/C19H22F2N2O2/c1-9-17(13(5)24)11(3)23-18(9)19(25)12(4)22-10(2)15-7-6-14(20)8-16(15)21/h6-8,10,12,22-23H,1-5H3/t10-,12-/m1/s1. The first-order valence-electron chi connectivity index (χ1n) is 8.08. The normalized spacial score (nSPS) is 13.6. The molecule has 6 heteroatoms. The van der Waals surface area contributed by atoms with Crippen LogP contribution in [0.3, 0.4) is 0 Å². The van der Waals surface area contributed by atoms with Gasteiger partial charge in [0.25, 0.3) is 0 Å². The van der Waals surface area contributed by atoms with Crippen LogP contribution in [-0.4, -0.2) is 22.6 Å². The predicted octanol–water partition coefficient (Wildman–Crippen LogP) is 4.03. The van der Waals surface area contributed by atoms with Gasteiger partial charge in [0.05, 0.1) is 11.7 Å². The molecule has 0 radical (unpaired) electrons. The molecule has 2 N–H and O–H groups in total. The van der Waals surface area contributed by atoms with E-state index in [0.717, 1.165) is 6.07 Å². The van der Waals surface area contributed by atoms with Gasteiger partial charge in [0.15, 0.2) is 11.6 Å². The summed E-state index contributed by atoms with van der Waals surface area (Å²) in [6, 6.07) is 2.26. The van der Waals surface area contributed by atoms with E-state index < -0.39 is 23.7 Å². The van der Waals surface area contributed by atoms with Crippen LogP contribution >= 0.6 is 0 Å². The fourth-order valence-electron chi connectivity index (χ4n) is 3.13. The van der Waals surface area contributed by atoms with E-state index >= 15 is 0 Å². The Morgan fingerprint density at radius 2 is 1.80 bits per heavy atom. The van der Waals surface area contributed by atoms with Crippen molar-refractivity contribution < 1.29 is 18.4 Å². The lowest BCUT2D eigenvalue weighted by Gasteiger charge is -2.20. The molecular formula is C19H22F2N2O2. The first-order valence-corrected chi connectivity index (χ1v) is 8.08. The first kappa shape index (κ1) is 19.0. The minimum Gasteiger partial charge on any atom is -0.355 e. The van der Waals surface area contributed by atoms with Crippen molar-refractivity contribution in [1.29, 1.82) is 0 Å². The molecule has 0 fully saturated rings. The fourth-order valence-corrected chi connectivity index (χ4v) is 3.13. The summed E-state index contributed by atoms with van der Waals surface area (Å²) >= 11 is 0. The van der Waals surface area contributed by atoms with Gasteiger partial charge in [-0.25, -0.2) is 8.78 Å². The number of benzene rings is 1. The maximum atomic E-state index is 13.9. The number of carbonyl (C=O) groups excluding carboxylic acids is 2. The van der Waals surface area contributed by atoms with Gasteiger partial charge in [-0.3, -0.25) is 9.59 Å². The lowest BCUT2D eigenvalue weighted by Crippen LogP contribution is -2.36. The van der Waals surface area contributed by atoms with Crippen LogP contribution in [0.5, 0.6) is 0 Å². The van der Waals surface area contributed by atoms with Crippen LogP contribution < -0.4 is 5.32 Å². The van der Waals surface area contributed by atoms with Gasteiger partial charge in [0.1, 0.15) is 11.6 Å². The van der Waals surface area contributed by atoms with E-state index in [1.54, 1.807) is 27.7 Å². The van der Waals surface area contributed by atoms with Crippen LogP contribution in [0.1, 0.15) is 64.5 Å². The van der Waals surface area contributed by atoms with Crippen molar-refractivity contribution in [1.82, 2.24) is 10.3 Å². The molecule has 4 nitrogen and oxygen atoms in total. The number of nitrogens with one attached hydrogen (secondary N) is 2. The van der Waals surface area contributed by atoms with E-state index in [0.29, 0.717) is 22.5 Å². The monoisotopic (exact) mass is 348 g/mol. The zero-order chi connectivity index (χ0) is 18.9. The molecule has 134 valence electrons. The third-order valence-electron chi connectivity index (χ3n) is 4.36. The second-order valence-electron chi connectivity index (χ2n) is 6.32. The minimum atomic E-state index is -0.662. The first-order chi connectivity index (χ1) is 11.6. The lowest BCUT2D eigenvalue weighted by atomic mass is 10.0. The molecule has 1 heterocycles. The highest BCUT2D eigenvalue weighted by atomic mass is 19.1. The van der Waals surface area contributed by atoms with Gasteiger partial charge in [-0.2, -0.15) is 0 Å². The Morgan fingerprint density at radius 1 is 1.16 bits per heavy atom. The highest BCUT2D eigenvalue weighted by Gasteiger charge is 2.25. The Hall–Kier alpha value is -2.34. The molecule has 25 heavy (non-hydrogen) atoms. The van der Waals surface area contributed by atoms with Crippen LogP contribution in [0.15, 0.2) is 18.2 Å². The van der Waals surface area contributed by atoms with Crippen molar-refractivity contribution in [3.05, 3.63) is 57.9 Å². The molecule has 0 aliphatic heterocycles. The molecular weight excluding hydrogens is 326 g/mol. The molecule has 2 atom stereocenters. The molecule has 0 spiro atoms. The number of H-pyrrole nitrogens is 1. The molecule has 0 unspecified atom stereocenters. The van der Waals surface area contributed by atoms with Crippen LogP contribution in [0, 0.1) is 25.5 Å². The van der Waals surface area contributed by atoms with Gasteiger partial charge >= 0.3 is 0 Å². The number of hydrogen-bond acceptors (Lipinski definition) is 3. The Morgan fingerprint density at radius 3 is 2.32 bits per heavy atom. The number of ketones is 2. The average Bonchev–Trinajstić information content (AvgIpc) is 2.80. The van der Waals surface area contributed by atoms with Crippen molar-refractivity contribution in [3.63, 3.8) is 0 Å². The van der Waals surface area contributed by atoms with E-state index in [4.69, 9.17) is 0 Å². The van der Waals surface area contributed by atoms with Crippen molar-refractivity contribution in [3.8, 4) is 0 Å². The number of aromatic nitrogens is 1. The third-order valence-corrected chi connectivity index (χ3v) is 4.36. The lowest BCUT2D eigenvalue weighted by molar-refractivity contribution is 0.0940. The summed E-state index contributed by atoms with van der Waals surface area (Å²) in [5.74, 6) is -1.63. The summed E-state index contributed by atoms with van der Waals surface area (Å²) in [6.07, 6.45) is 0. The Bertz CT molecular complexity index is 827. The van der Waals surface area contributed by atoms with E-state index in [-0.39, 0.29) is 17.1 Å². The van der Waals surface area contributed by atoms with E-state index in [9.17, 15) is 18.4 Å². The summed E-state index contributed by atoms with van der Waals surface area (Å²) in [4.78, 5) is 27.4. The number of carbonyl (C=O) groups is 2. The number of halogens is 2. The van der Waals surface area contributed by atoms with Gasteiger partial charge < -0.3 is 10.3 Å². The zero-order valence-corrected chi connectivity index (χ0v) is 15.0. The molecule has 0 aliphatic rings. The van der Waals surface area contributed by atoms with Gasteiger partial charge in [-0.05, 0) is 46.2 Å². The van der Waals surface area contributed by atoms with E-state index in [2.05, 4.69) is 10.3 Å². The minimum absolute atomic E-state index is 0.104. The molecule has 0 bridgehead atoms. The second-order valence-corrected chi connectivity index (χ2v) is 6.32. The SMILES string of the molecule is CC(=O)c1c(C)[nH]c(C(=O)[C@@H](C)N[C@H](C)c2ccc(F)cc2F)c1C. The number of hydrogen-bond donors (Lipinski definition) is 2. The molecule has 2 aromatic rings. The van der Waals surface area contributed by atoms with Crippen molar-refractivity contribution >= 4 is 11.6 Å². The highest BCUT2D eigenvalue weighted by Crippen LogP contribution is 2.22. The van der Waals surface area contributed by atoms with Gasteiger partial charge in [0, 0.05) is 28.9 Å². The third kappa shape index (κ3) is 3.85. The molecule has 0 saturated heterocycles. The maximum Gasteiger partial charge on any atom is 0.195 e. The Balaban J connectivity index is 2.20. The summed E-state index contributed by atoms with van der Waals surface area (Å²) in [7, 11) is 0. The molecule has 0 amide bonds. The quantitative estimate of drug-likeness (QED) is 0.775. The molecule has 1 aromatic carbocycles. The van der Waals surface area contributed by atoms with Crippen molar-refractivity contribution in [2.75, 3.05) is 0 Å². The van der Waals surface area contributed by atoms with Crippen molar-refractivity contribution in [2.24, 2.45) is 0 Å². The van der Waals surface area contributed by atoms with Gasteiger partial charge in [-0.15, -0.1) is 0 Å². The summed E-state index contributed by atoms with van der Waals surface area (Å²) in [5, 5.41) is 3.02. The van der Waals surface area contributed by atoms with Crippen LogP contribution in [0.2, 0.25) is 0 Å². The molecule has 2 rings (SSSR count). The molecule has 0 saturated carbocycles. The van der Waals surface area contributed by atoms with Gasteiger partial charge in [-0.1, -0.05) is 6.07 Å². The highest BCUT2D eigenvalue weighted by molar-refractivity contribution is 6.05. The zero-order valence-electron chi connectivity index (χ0n) is 15.0. The predicted molar refractivity (Wildman–Crippen MR) is 92.0 cm³/mol.